The summed E-state index contributed by atoms with van der Waals surface area (Å²) in [5, 5.41) is 0. The first kappa shape index (κ1) is 12.0. The van der Waals surface area contributed by atoms with Crippen molar-refractivity contribution in [2.75, 3.05) is 19.7 Å². The maximum absolute atomic E-state index is 6.17. The normalized spacial score (nSPS) is 34.1. The molecule has 2 N–H and O–H groups in total. The average molecular weight is 200 g/mol. The summed E-state index contributed by atoms with van der Waals surface area (Å²) >= 11 is 0. The number of hydrogen-bond acceptors (Lipinski definition) is 3. The van der Waals surface area contributed by atoms with Gasteiger partial charge in [-0.3, -0.25) is 4.90 Å². The molecule has 3 heteroatoms. The molecule has 0 bridgehead atoms. The van der Waals surface area contributed by atoms with Crippen molar-refractivity contribution in [3.63, 3.8) is 0 Å². The Morgan fingerprint density at radius 3 is 2.71 bits per heavy atom. The SMILES string of the molecule is CCC(C)(N)CN1CCOC(C)C1C. The number of hydrogen-bond donors (Lipinski definition) is 1. The van der Waals surface area contributed by atoms with Crippen LogP contribution in [0.1, 0.15) is 34.1 Å². The quantitative estimate of drug-likeness (QED) is 0.744. The fraction of sp³-hybridized carbons (Fsp3) is 1.00. The molecule has 0 radical (unpaired) electrons. The van der Waals surface area contributed by atoms with E-state index in [9.17, 15) is 0 Å². The van der Waals surface area contributed by atoms with Gasteiger partial charge >= 0.3 is 0 Å². The molecule has 0 spiro atoms. The second kappa shape index (κ2) is 4.60. The fourth-order valence-electron chi connectivity index (χ4n) is 1.79. The number of ether oxygens (including phenoxy) is 1. The molecule has 3 atom stereocenters. The van der Waals surface area contributed by atoms with Crippen LogP contribution < -0.4 is 5.73 Å². The summed E-state index contributed by atoms with van der Waals surface area (Å²) in [6.45, 7) is 11.4. The van der Waals surface area contributed by atoms with Crippen molar-refractivity contribution in [1.29, 1.82) is 0 Å². The summed E-state index contributed by atoms with van der Waals surface area (Å²) in [7, 11) is 0. The van der Waals surface area contributed by atoms with Gasteiger partial charge in [-0.25, -0.2) is 0 Å². The summed E-state index contributed by atoms with van der Waals surface area (Å²) in [5.41, 5.74) is 6.11. The number of morpholine rings is 1. The summed E-state index contributed by atoms with van der Waals surface area (Å²) in [4.78, 5) is 2.44. The molecule has 1 rings (SSSR count). The number of rotatable bonds is 3. The van der Waals surface area contributed by atoms with Gasteiger partial charge in [0.25, 0.3) is 0 Å². The smallest absolute Gasteiger partial charge is 0.0700 e. The van der Waals surface area contributed by atoms with Crippen LogP contribution in [0.4, 0.5) is 0 Å². The van der Waals surface area contributed by atoms with Gasteiger partial charge in [-0.2, -0.15) is 0 Å². The topological polar surface area (TPSA) is 38.5 Å². The molecule has 3 nitrogen and oxygen atoms in total. The van der Waals surface area contributed by atoms with Crippen LogP contribution in [-0.2, 0) is 4.74 Å². The molecule has 3 unspecified atom stereocenters. The fourth-order valence-corrected chi connectivity index (χ4v) is 1.79. The Bertz CT molecular complexity index is 182. The van der Waals surface area contributed by atoms with Gasteiger partial charge in [0.2, 0.25) is 0 Å². The van der Waals surface area contributed by atoms with E-state index in [2.05, 4.69) is 32.6 Å². The van der Waals surface area contributed by atoms with Crippen LogP contribution in [0.2, 0.25) is 0 Å². The zero-order valence-corrected chi connectivity index (χ0v) is 9.92. The van der Waals surface area contributed by atoms with Crippen molar-refractivity contribution in [2.45, 2.75) is 51.8 Å². The first-order valence-electron chi connectivity index (χ1n) is 5.61. The van der Waals surface area contributed by atoms with Crippen molar-refractivity contribution >= 4 is 0 Å². The van der Waals surface area contributed by atoms with Crippen LogP contribution in [0.25, 0.3) is 0 Å². The first-order valence-corrected chi connectivity index (χ1v) is 5.61. The monoisotopic (exact) mass is 200 g/mol. The highest BCUT2D eigenvalue weighted by atomic mass is 16.5. The summed E-state index contributed by atoms with van der Waals surface area (Å²) in [6.07, 6.45) is 1.35. The Morgan fingerprint density at radius 2 is 2.14 bits per heavy atom. The predicted molar refractivity (Wildman–Crippen MR) is 59.3 cm³/mol. The van der Waals surface area contributed by atoms with Gasteiger partial charge in [0, 0.05) is 24.7 Å². The van der Waals surface area contributed by atoms with E-state index in [1.54, 1.807) is 0 Å². The highest BCUT2D eigenvalue weighted by Crippen LogP contribution is 2.17. The van der Waals surface area contributed by atoms with Gasteiger partial charge in [-0.15, -0.1) is 0 Å². The van der Waals surface area contributed by atoms with Gasteiger partial charge in [-0.1, -0.05) is 6.92 Å². The molecule has 1 fully saturated rings. The van der Waals surface area contributed by atoms with Crippen molar-refractivity contribution in [2.24, 2.45) is 5.73 Å². The van der Waals surface area contributed by atoms with E-state index in [-0.39, 0.29) is 5.54 Å². The van der Waals surface area contributed by atoms with Crippen LogP contribution in [-0.4, -0.2) is 42.3 Å². The summed E-state index contributed by atoms with van der Waals surface area (Å²) in [5.74, 6) is 0. The van der Waals surface area contributed by atoms with Gasteiger partial charge in [0.15, 0.2) is 0 Å². The molecule has 1 aliphatic rings. The molecule has 0 aliphatic carbocycles. The third kappa shape index (κ3) is 2.94. The standard InChI is InChI=1S/C11H24N2O/c1-5-11(4,12)8-13-6-7-14-10(3)9(13)2/h9-10H,5-8,12H2,1-4H3. The maximum Gasteiger partial charge on any atom is 0.0700 e. The van der Waals surface area contributed by atoms with Crippen molar-refractivity contribution in [3.05, 3.63) is 0 Å². The lowest BCUT2D eigenvalue weighted by Gasteiger charge is -2.41. The van der Waals surface area contributed by atoms with Crippen molar-refractivity contribution in [3.8, 4) is 0 Å². The molecule has 0 aromatic heterocycles. The molecule has 0 amide bonds. The Morgan fingerprint density at radius 1 is 1.50 bits per heavy atom. The minimum Gasteiger partial charge on any atom is -0.376 e. The van der Waals surface area contributed by atoms with Crippen molar-refractivity contribution < 1.29 is 4.74 Å². The van der Waals surface area contributed by atoms with E-state index in [0.29, 0.717) is 12.1 Å². The highest BCUT2D eigenvalue weighted by molar-refractivity contribution is 4.86. The third-order valence-corrected chi connectivity index (χ3v) is 3.39. The van der Waals surface area contributed by atoms with Gasteiger partial charge in [-0.05, 0) is 27.2 Å². The molecule has 1 aliphatic heterocycles. The second-order valence-corrected chi connectivity index (χ2v) is 4.79. The van der Waals surface area contributed by atoms with E-state index in [4.69, 9.17) is 10.5 Å². The number of nitrogens with two attached hydrogens (primary N) is 1. The Labute approximate surface area is 87.6 Å². The second-order valence-electron chi connectivity index (χ2n) is 4.79. The van der Waals surface area contributed by atoms with Crippen LogP contribution in [0.3, 0.4) is 0 Å². The molecule has 1 saturated heterocycles. The lowest BCUT2D eigenvalue weighted by Crippen LogP contribution is -2.56. The Kier molecular flexibility index (Phi) is 3.93. The van der Waals surface area contributed by atoms with E-state index in [0.717, 1.165) is 26.1 Å². The number of nitrogens with zero attached hydrogens (tertiary/aromatic N) is 1. The molecule has 0 aromatic carbocycles. The van der Waals surface area contributed by atoms with E-state index in [1.807, 2.05) is 0 Å². The van der Waals surface area contributed by atoms with E-state index < -0.39 is 0 Å². The van der Waals surface area contributed by atoms with Gasteiger partial charge in [0.1, 0.15) is 0 Å². The Hall–Kier alpha value is -0.120. The molecule has 84 valence electrons. The zero-order chi connectivity index (χ0) is 10.8. The minimum absolute atomic E-state index is 0.0642. The lowest BCUT2D eigenvalue weighted by molar-refractivity contribution is -0.0610. The molecule has 0 aromatic rings. The molecule has 1 heterocycles. The average Bonchev–Trinajstić information content (AvgIpc) is 2.13. The molecule has 0 saturated carbocycles. The van der Waals surface area contributed by atoms with Gasteiger partial charge < -0.3 is 10.5 Å². The highest BCUT2D eigenvalue weighted by Gasteiger charge is 2.29. The maximum atomic E-state index is 6.17. The summed E-state index contributed by atoms with van der Waals surface area (Å²) < 4.78 is 5.59. The van der Waals surface area contributed by atoms with Crippen molar-refractivity contribution in [1.82, 2.24) is 4.90 Å². The molecule has 14 heavy (non-hydrogen) atoms. The van der Waals surface area contributed by atoms with E-state index >= 15 is 0 Å². The van der Waals surface area contributed by atoms with Crippen LogP contribution in [0, 0.1) is 0 Å². The van der Waals surface area contributed by atoms with Crippen LogP contribution in [0.15, 0.2) is 0 Å². The lowest BCUT2D eigenvalue weighted by atomic mass is 9.98. The largest absolute Gasteiger partial charge is 0.376 e. The van der Waals surface area contributed by atoms with Crippen LogP contribution >= 0.6 is 0 Å². The molecular weight excluding hydrogens is 176 g/mol. The van der Waals surface area contributed by atoms with Crippen LogP contribution in [0.5, 0.6) is 0 Å². The minimum atomic E-state index is -0.0642. The predicted octanol–water partition coefficient (Wildman–Crippen LogP) is 1.22. The molecular formula is C11H24N2O. The third-order valence-electron chi connectivity index (χ3n) is 3.39. The summed E-state index contributed by atoms with van der Waals surface area (Å²) in [6, 6.07) is 0.484. The zero-order valence-electron chi connectivity index (χ0n) is 9.92. The van der Waals surface area contributed by atoms with Gasteiger partial charge in [0.05, 0.1) is 12.7 Å². The van der Waals surface area contributed by atoms with E-state index in [1.165, 1.54) is 0 Å². The Balaban J connectivity index is 2.51. The first-order chi connectivity index (χ1) is 6.46.